The lowest BCUT2D eigenvalue weighted by Gasteiger charge is -2.06. The Morgan fingerprint density at radius 3 is 2.82 bits per heavy atom. The topological polar surface area (TPSA) is 73.0 Å². The van der Waals surface area contributed by atoms with Crippen molar-refractivity contribution < 1.29 is 4.74 Å². The molecule has 2 aromatic rings. The molecule has 5 nitrogen and oxygen atoms in total. The highest BCUT2D eigenvalue weighted by atomic mass is 35.5. The third-order valence-electron chi connectivity index (χ3n) is 2.37. The van der Waals surface area contributed by atoms with Gasteiger partial charge in [0.05, 0.1) is 18.7 Å². The van der Waals surface area contributed by atoms with Gasteiger partial charge in [0.25, 0.3) is 5.56 Å². The summed E-state index contributed by atoms with van der Waals surface area (Å²) in [6, 6.07) is 6.68. The minimum absolute atomic E-state index is 0.170. The second-order valence-electron chi connectivity index (χ2n) is 3.60. The number of ether oxygens (including phenoxy) is 1. The number of H-pyrrole nitrogens is 1. The van der Waals surface area contributed by atoms with Gasteiger partial charge in [-0.1, -0.05) is 17.7 Å². The Bertz CT molecular complexity index is 589. The SMILES string of the molecule is COc1cc(Cn2[nH]c(N)cc2=O)ccc1Cl. The molecule has 2 rings (SSSR count). The van der Waals surface area contributed by atoms with Crippen LogP contribution in [-0.4, -0.2) is 16.9 Å². The first-order valence-corrected chi connectivity index (χ1v) is 5.35. The van der Waals surface area contributed by atoms with Crippen LogP contribution in [-0.2, 0) is 6.54 Å². The highest BCUT2D eigenvalue weighted by Gasteiger charge is 2.05. The molecule has 0 radical (unpaired) electrons. The Balaban J connectivity index is 2.30. The Kier molecular flexibility index (Phi) is 3.10. The molecule has 3 N–H and O–H groups in total. The van der Waals surface area contributed by atoms with E-state index in [1.54, 1.807) is 19.2 Å². The number of benzene rings is 1. The van der Waals surface area contributed by atoms with Crippen LogP contribution in [0.4, 0.5) is 5.82 Å². The van der Waals surface area contributed by atoms with Crippen LogP contribution in [0.15, 0.2) is 29.1 Å². The fourth-order valence-electron chi connectivity index (χ4n) is 1.56. The first-order chi connectivity index (χ1) is 8.10. The fourth-order valence-corrected chi connectivity index (χ4v) is 1.75. The van der Waals surface area contributed by atoms with Gasteiger partial charge in [-0.05, 0) is 17.7 Å². The van der Waals surface area contributed by atoms with Crippen LogP contribution in [0.1, 0.15) is 5.56 Å². The summed E-state index contributed by atoms with van der Waals surface area (Å²) in [7, 11) is 1.55. The second-order valence-corrected chi connectivity index (χ2v) is 4.01. The fraction of sp³-hybridized carbons (Fsp3) is 0.182. The number of aromatic nitrogens is 2. The molecule has 17 heavy (non-hydrogen) atoms. The van der Waals surface area contributed by atoms with E-state index in [2.05, 4.69) is 5.10 Å². The first-order valence-electron chi connectivity index (χ1n) is 4.98. The van der Waals surface area contributed by atoms with E-state index in [4.69, 9.17) is 22.1 Å². The molecule has 0 aliphatic carbocycles. The number of nitrogens with zero attached hydrogens (tertiary/aromatic N) is 1. The van der Waals surface area contributed by atoms with Crippen molar-refractivity contribution in [3.8, 4) is 5.75 Å². The number of methoxy groups -OCH3 is 1. The number of nitrogen functional groups attached to an aromatic ring is 1. The average molecular weight is 254 g/mol. The van der Waals surface area contributed by atoms with E-state index in [9.17, 15) is 4.79 Å². The molecule has 0 saturated heterocycles. The smallest absolute Gasteiger partial charge is 0.268 e. The van der Waals surface area contributed by atoms with Crippen LogP contribution >= 0.6 is 11.6 Å². The molecule has 1 heterocycles. The van der Waals surface area contributed by atoms with Gasteiger partial charge in [0.1, 0.15) is 11.6 Å². The maximum atomic E-state index is 11.5. The van der Waals surface area contributed by atoms with Gasteiger partial charge in [-0.3, -0.25) is 9.89 Å². The monoisotopic (exact) mass is 253 g/mol. The van der Waals surface area contributed by atoms with E-state index in [0.29, 0.717) is 23.1 Å². The van der Waals surface area contributed by atoms with Crippen molar-refractivity contribution in [2.24, 2.45) is 0 Å². The highest BCUT2D eigenvalue weighted by Crippen LogP contribution is 2.25. The summed E-state index contributed by atoms with van der Waals surface area (Å²) in [5, 5.41) is 3.29. The number of nitrogens with one attached hydrogen (secondary N) is 1. The summed E-state index contributed by atoms with van der Waals surface area (Å²) in [6.07, 6.45) is 0. The van der Waals surface area contributed by atoms with Gasteiger partial charge in [0.15, 0.2) is 0 Å². The van der Waals surface area contributed by atoms with Crippen LogP contribution in [0, 0.1) is 0 Å². The predicted octanol–water partition coefficient (Wildman–Crippen LogP) is 1.47. The van der Waals surface area contributed by atoms with Gasteiger partial charge < -0.3 is 10.5 Å². The minimum atomic E-state index is -0.170. The second kappa shape index (κ2) is 4.55. The Morgan fingerprint density at radius 2 is 2.24 bits per heavy atom. The van der Waals surface area contributed by atoms with Crippen LogP contribution in [0.2, 0.25) is 5.02 Å². The maximum absolute atomic E-state index is 11.5. The van der Waals surface area contributed by atoms with E-state index in [-0.39, 0.29) is 5.56 Å². The molecule has 90 valence electrons. The molecule has 6 heteroatoms. The van der Waals surface area contributed by atoms with Gasteiger partial charge in [-0.25, -0.2) is 4.68 Å². The number of hydrogen-bond acceptors (Lipinski definition) is 3. The Hall–Kier alpha value is -1.88. The third kappa shape index (κ3) is 2.45. The lowest BCUT2D eigenvalue weighted by atomic mass is 10.2. The summed E-state index contributed by atoms with van der Waals surface area (Å²) in [6.45, 7) is 0.392. The molecule has 0 bridgehead atoms. The number of rotatable bonds is 3. The van der Waals surface area contributed by atoms with Gasteiger partial charge in [0.2, 0.25) is 0 Å². The first kappa shape index (κ1) is 11.6. The maximum Gasteiger partial charge on any atom is 0.268 e. The molecule has 0 aliphatic heterocycles. The molecular formula is C11H12ClN3O2. The summed E-state index contributed by atoms with van der Waals surface area (Å²) < 4.78 is 6.52. The average Bonchev–Trinajstić information content (AvgIpc) is 2.60. The molecular weight excluding hydrogens is 242 g/mol. The Labute approximate surface area is 103 Å². The molecule has 1 aromatic heterocycles. The molecule has 0 spiro atoms. The van der Waals surface area contributed by atoms with E-state index >= 15 is 0 Å². The highest BCUT2D eigenvalue weighted by molar-refractivity contribution is 6.32. The number of nitrogens with two attached hydrogens (primary N) is 1. The van der Waals surface area contributed by atoms with Crippen molar-refractivity contribution in [3.63, 3.8) is 0 Å². The third-order valence-corrected chi connectivity index (χ3v) is 2.68. The predicted molar refractivity (Wildman–Crippen MR) is 66.6 cm³/mol. The molecule has 0 saturated carbocycles. The summed E-state index contributed by atoms with van der Waals surface area (Å²) in [4.78, 5) is 11.5. The molecule has 0 amide bonds. The lowest BCUT2D eigenvalue weighted by molar-refractivity contribution is 0.414. The largest absolute Gasteiger partial charge is 0.495 e. The molecule has 1 aromatic carbocycles. The van der Waals surface area contributed by atoms with Crippen molar-refractivity contribution in [1.29, 1.82) is 0 Å². The molecule has 0 aliphatic rings. The van der Waals surface area contributed by atoms with Crippen molar-refractivity contribution in [2.45, 2.75) is 6.54 Å². The van der Waals surface area contributed by atoms with Gasteiger partial charge in [-0.15, -0.1) is 0 Å². The van der Waals surface area contributed by atoms with E-state index in [0.717, 1.165) is 5.56 Å². The van der Waals surface area contributed by atoms with Gasteiger partial charge in [0, 0.05) is 6.07 Å². The van der Waals surface area contributed by atoms with Crippen LogP contribution in [0.5, 0.6) is 5.75 Å². The number of hydrogen-bond donors (Lipinski definition) is 2. The van der Waals surface area contributed by atoms with Crippen LogP contribution in [0.25, 0.3) is 0 Å². The van der Waals surface area contributed by atoms with Crippen LogP contribution < -0.4 is 16.0 Å². The van der Waals surface area contributed by atoms with E-state index < -0.39 is 0 Å². The summed E-state index contributed by atoms with van der Waals surface area (Å²) in [5.74, 6) is 0.924. The minimum Gasteiger partial charge on any atom is -0.495 e. The van der Waals surface area contributed by atoms with Crippen molar-refractivity contribution in [2.75, 3.05) is 12.8 Å². The van der Waals surface area contributed by atoms with Crippen molar-refractivity contribution in [1.82, 2.24) is 9.78 Å². The number of aromatic amines is 1. The zero-order valence-electron chi connectivity index (χ0n) is 9.24. The normalized spacial score (nSPS) is 10.5. The Morgan fingerprint density at radius 1 is 1.47 bits per heavy atom. The number of halogens is 1. The molecule has 0 atom stereocenters. The van der Waals surface area contributed by atoms with Gasteiger partial charge >= 0.3 is 0 Å². The zero-order valence-corrected chi connectivity index (χ0v) is 9.99. The van der Waals surface area contributed by atoms with Crippen LogP contribution in [0.3, 0.4) is 0 Å². The zero-order chi connectivity index (χ0) is 12.4. The standard InChI is InChI=1S/C11H12ClN3O2/c1-17-9-4-7(2-3-8(9)12)6-15-11(16)5-10(13)14-15/h2-5,14H,6,13H2,1H3. The van der Waals surface area contributed by atoms with E-state index in [1.807, 2.05) is 6.07 Å². The van der Waals surface area contributed by atoms with Crippen molar-refractivity contribution >= 4 is 17.4 Å². The van der Waals surface area contributed by atoms with Gasteiger partial charge in [-0.2, -0.15) is 0 Å². The lowest BCUT2D eigenvalue weighted by Crippen LogP contribution is -2.16. The molecule has 0 fully saturated rings. The van der Waals surface area contributed by atoms with Crippen molar-refractivity contribution in [3.05, 3.63) is 45.2 Å². The molecule has 0 unspecified atom stereocenters. The number of anilines is 1. The summed E-state index contributed by atoms with van der Waals surface area (Å²) in [5.41, 5.74) is 6.22. The summed E-state index contributed by atoms with van der Waals surface area (Å²) >= 11 is 5.91. The quantitative estimate of drug-likeness (QED) is 0.870. The van der Waals surface area contributed by atoms with E-state index in [1.165, 1.54) is 10.7 Å².